The number of benzene rings is 1. The van der Waals surface area contributed by atoms with Gasteiger partial charge in [0.05, 0.1) is 6.04 Å². The lowest BCUT2D eigenvalue weighted by atomic mass is 9.82. The van der Waals surface area contributed by atoms with Gasteiger partial charge >= 0.3 is 0 Å². The molecule has 0 spiro atoms. The van der Waals surface area contributed by atoms with Crippen molar-refractivity contribution in [2.75, 3.05) is 13.1 Å². The van der Waals surface area contributed by atoms with Crippen molar-refractivity contribution in [1.29, 1.82) is 0 Å². The largest absolute Gasteiger partial charge is 0.483 e. The van der Waals surface area contributed by atoms with Crippen LogP contribution in [-0.4, -0.2) is 41.9 Å². The Morgan fingerprint density at radius 1 is 1.16 bits per heavy atom. The van der Waals surface area contributed by atoms with Gasteiger partial charge in [0.2, 0.25) is 5.91 Å². The molecule has 1 saturated carbocycles. The predicted molar refractivity (Wildman–Crippen MR) is 94.4 cm³/mol. The van der Waals surface area contributed by atoms with Crippen LogP contribution in [0.25, 0.3) is 6.08 Å². The van der Waals surface area contributed by atoms with E-state index in [9.17, 15) is 9.59 Å². The number of carbonyl (C=O) groups excluding carboxylic acids is 2. The summed E-state index contributed by atoms with van der Waals surface area (Å²) in [6.45, 7) is 1.77. The van der Waals surface area contributed by atoms with E-state index < -0.39 is 0 Å². The monoisotopic (exact) mass is 340 g/mol. The Kier molecular flexibility index (Phi) is 4.47. The lowest BCUT2D eigenvalue weighted by Gasteiger charge is -2.40. The number of hydrogen-bond donors (Lipinski definition) is 1. The van der Waals surface area contributed by atoms with Crippen LogP contribution in [0.15, 0.2) is 36.1 Å². The molecule has 1 aromatic carbocycles. The smallest absolute Gasteiger partial charge is 0.286 e. The van der Waals surface area contributed by atoms with E-state index in [1.807, 2.05) is 35.2 Å². The van der Waals surface area contributed by atoms with E-state index in [1.165, 1.54) is 0 Å². The summed E-state index contributed by atoms with van der Waals surface area (Å²) in [7, 11) is 0. The van der Waals surface area contributed by atoms with Crippen molar-refractivity contribution in [3.63, 3.8) is 0 Å². The number of ether oxygens (including phenoxy) is 1. The van der Waals surface area contributed by atoms with E-state index in [4.69, 9.17) is 4.74 Å². The number of rotatable bonds is 2. The molecule has 1 N–H and O–H groups in total. The summed E-state index contributed by atoms with van der Waals surface area (Å²) in [5.41, 5.74) is 0.948. The van der Waals surface area contributed by atoms with E-state index in [-0.39, 0.29) is 29.9 Å². The normalized spacial score (nSPS) is 30.6. The lowest BCUT2D eigenvalue weighted by Crippen LogP contribution is -2.54. The van der Waals surface area contributed by atoms with Crippen LogP contribution in [0.5, 0.6) is 0 Å². The second-order valence-corrected chi connectivity index (χ2v) is 7.20. The third-order valence-electron chi connectivity index (χ3n) is 5.47. The molecule has 3 atom stereocenters. The van der Waals surface area contributed by atoms with Crippen molar-refractivity contribution >= 4 is 17.9 Å². The van der Waals surface area contributed by atoms with E-state index in [0.29, 0.717) is 12.2 Å². The van der Waals surface area contributed by atoms with Crippen LogP contribution in [-0.2, 0) is 14.3 Å². The second kappa shape index (κ2) is 6.90. The van der Waals surface area contributed by atoms with Gasteiger partial charge in [0.15, 0.2) is 5.76 Å². The van der Waals surface area contributed by atoms with Gasteiger partial charge < -0.3 is 15.0 Å². The molecule has 5 nitrogen and oxygen atoms in total. The molecule has 3 fully saturated rings. The fraction of sp³-hybridized carbons (Fsp3) is 0.500. The predicted octanol–water partition coefficient (Wildman–Crippen LogP) is 2.33. The second-order valence-electron chi connectivity index (χ2n) is 7.20. The number of amides is 2. The molecule has 2 saturated heterocycles. The molecule has 2 aliphatic heterocycles. The minimum absolute atomic E-state index is 0.0166. The number of hydrogen-bond acceptors (Lipinski definition) is 3. The van der Waals surface area contributed by atoms with Gasteiger partial charge in [-0.15, -0.1) is 0 Å². The zero-order valence-corrected chi connectivity index (χ0v) is 14.3. The maximum Gasteiger partial charge on any atom is 0.286 e. The molecule has 1 aromatic rings. The molecule has 2 heterocycles. The summed E-state index contributed by atoms with van der Waals surface area (Å²) in [6, 6.07) is 9.64. The van der Waals surface area contributed by atoms with Crippen LogP contribution in [0.3, 0.4) is 0 Å². The van der Waals surface area contributed by atoms with E-state index >= 15 is 0 Å². The molecule has 5 heteroatoms. The third-order valence-corrected chi connectivity index (χ3v) is 5.47. The summed E-state index contributed by atoms with van der Waals surface area (Å²) in [5.74, 6) is 0.467. The van der Waals surface area contributed by atoms with Crippen LogP contribution in [0.4, 0.5) is 0 Å². The lowest BCUT2D eigenvalue weighted by molar-refractivity contribution is -0.140. The topological polar surface area (TPSA) is 58.6 Å². The van der Waals surface area contributed by atoms with Gasteiger partial charge in [-0.3, -0.25) is 9.59 Å². The molecule has 0 aromatic heterocycles. The van der Waals surface area contributed by atoms with Crippen LogP contribution in [0, 0.1) is 5.92 Å². The number of carbonyl (C=O) groups is 2. The van der Waals surface area contributed by atoms with Crippen molar-refractivity contribution in [1.82, 2.24) is 10.2 Å². The Bertz CT molecular complexity index is 679. The average Bonchev–Trinajstić information content (AvgIpc) is 3.17. The van der Waals surface area contributed by atoms with Crippen LogP contribution >= 0.6 is 0 Å². The van der Waals surface area contributed by atoms with Gasteiger partial charge in [-0.05, 0) is 43.7 Å². The van der Waals surface area contributed by atoms with Crippen LogP contribution in [0.2, 0.25) is 0 Å². The van der Waals surface area contributed by atoms with Gasteiger partial charge in [0.1, 0.15) is 6.10 Å². The minimum atomic E-state index is -0.181. The molecule has 0 bridgehead atoms. The van der Waals surface area contributed by atoms with E-state index in [2.05, 4.69) is 5.32 Å². The molecule has 3 unspecified atom stereocenters. The number of morpholine rings is 1. The molecule has 4 rings (SSSR count). The molecule has 3 aliphatic rings. The highest BCUT2D eigenvalue weighted by Gasteiger charge is 2.41. The number of fused-ring (bicyclic) bond motifs is 1. The van der Waals surface area contributed by atoms with Gasteiger partial charge in [0, 0.05) is 19.0 Å². The number of likely N-dealkylation sites (tertiary alicyclic amines) is 1. The van der Waals surface area contributed by atoms with Crippen molar-refractivity contribution in [2.24, 2.45) is 5.92 Å². The Hall–Kier alpha value is -2.30. The maximum atomic E-state index is 12.6. The fourth-order valence-corrected chi connectivity index (χ4v) is 4.11. The zero-order chi connectivity index (χ0) is 17.2. The summed E-state index contributed by atoms with van der Waals surface area (Å²) in [4.78, 5) is 27.0. The van der Waals surface area contributed by atoms with Crippen LogP contribution < -0.4 is 5.32 Å². The first-order chi connectivity index (χ1) is 12.2. The molecule has 2 amide bonds. The SMILES string of the molecule is O=C1NC2CC(C(=O)N3CCCC3)CCC2O/C1=C\c1ccccc1. The first-order valence-corrected chi connectivity index (χ1v) is 9.24. The number of nitrogens with one attached hydrogen (secondary N) is 1. The fourth-order valence-electron chi connectivity index (χ4n) is 4.11. The highest BCUT2D eigenvalue weighted by atomic mass is 16.5. The molecule has 1 aliphatic carbocycles. The summed E-state index contributed by atoms with van der Waals surface area (Å²) in [6.07, 6.45) is 6.30. The highest BCUT2D eigenvalue weighted by Crippen LogP contribution is 2.33. The number of nitrogens with zero attached hydrogens (tertiary/aromatic N) is 1. The molecule has 132 valence electrons. The third kappa shape index (κ3) is 3.41. The van der Waals surface area contributed by atoms with E-state index in [1.54, 1.807) is 6.08 Å². The van der Waals surface area contributed by atoms with Crippen molar-refractivity contribution in [3.05, 3.63) is 41.7 Å². The Morgan fingerprint density at radius 2 is 1.92 bits per heavy atom. The minimum Gasteiger partial charge on any atom is -0.483 e. The molecule has 25 heavy (non-hydrogen) atoms. The van der Waals surface area contributed by atoms with Crippen molar-refractivity contribution in [2.45, 2.75) is 44.2 Å². The Morgan fingerprint density at radius 3 is 2.68 bits per heavy atom. The van der Waals surface area contributed by atoms with Gasteiger partial charge in [-0.2, -0.15) is 0 Å². The molecular formula is C20H24N2O3. The van der Waals surface area contributed by atoms with E-state index in [0.717, 1.165) is 44.3 Å². The summed E-state index contributed by atoms with van der Waals surface area (Å²) < 4.78 is 5.98. The Labute approximate surface area is 148 Å². The standard InChI is InChI=1S/C20H24N2O3/c23-19-18(12-14-6-2-1-3-7-14)25-17-9-8-15(13-16(17)21-19)20(24)22-10-4-5-11-22/h1-3,6-7,12,15-17H,4-5,8-11,13H2,(H,21,23)/b18-12-. The van der Waals surface area contributed by atoms with Gasteiger partial charge in [-0.25, -0.2) is 0 Å². The molecular weight excluding hydrogens is 316 g/mol. The highest BCUT2D eigenvalue weighted by molar-refractivity contribution is 5.96. The first-order valence-electron chi connectivity index (χ1n) is 9.24. The maximum absolute atomic E-state index is 12.6. The summed E-state index contributed by atoms with van der Waals surface area (Å²) >= 11 is 0. The van der Waals surface area contributed by atoms with Gasteiger partial charge in [0.25, 0.3) is 5.91 Å². The van der Waals surface area contributed by atoms with Crippen LogP contribution in [0.1, 0.15) is 37.7 Å². The van der Waals surface area contributed by atoms with Crippen molar-refractivity contribution < 1.29 is 14.3 Å². The average molecular weight is 340 g/mol. The Balaban J connectivity index is 1.42. The quantitative estimate of drug-likeness (QED) is 0.841. The zero-order valence-electron chi connectivity index (χ0n) is 14.3. The molecule has 0 radical (unpaired) electrons. The van der Waals surface area contributed by atoms with Gasteiger partial charge in [-0.1, -0.05) is 30.3 Å². The van der Waals surface area contributed by atoms with Crippen molar-refractivity contribution in [3.8, 4) is 0 Å². The first kappa shape index (κ1) is 16.2. The summed E-state index contributed by atoms with van der Waals surface area (Å²) in [5, 5.41) is 3.06.